The van der Waals surface area contributed by atoms with Crippen molar-refractivity contribution in [1.82, 2.24) is 9.97 Å². The molecular weight excluding hydrogens is 384 g/mol. The predicted octanol–water partition coefficient (Wildman–Crippen LogP) is 5.05. The van der Waals surface area contributed by atoms with Crippen molar-refractivity contribution < 1.29 is 4.74 Å². The van der Waals surface area contributed by atoms with Crippen LogP contribution in [0.5, 0.6) is 0 Å². The molecule has 0 unspecified atom stereocenters. The summed E-state index contributed by atoms with van der Waals surface area (Å²) in [6.07, 6.45) is 3.78. The molecule has 156 valence electrons. The number of nitrogens with zero attached hydrogens (tertiary/aromatic N) is 3. The molecule has 0 amide bonds. The smallest absolute Gasteiger partial charge is 0.135 e. The fraction of sp³-hybridized carbons (Fsp3) is 0.231. The molecular formula is C26H26N4O. The van der Waals surface area contributed by atoms with Gasteiger partial charge in [-0.1, -0.05) is 54.1 Å². The second kappa shape index (κ2) is 8.74. The van der Waals surface area contributed by atoms with Gasteiger partial charge in [0, 0.05) is 37.4 Å². The van der Waals surface area contributed by atoms with E-state index < -0.39 is 0 Å². The van der Waals surface area contributed by atoms with Gasteiger partial charge in [0.15, 0.2) is 0 Å². The van der Waals surface area contributed by atoms with Crippen LogP contribution in [0.3, 0.4) is 0 Å². The van der Waals surface area contributed by atoms with Crippen LogP contribution in [0.4, 0.5) is 11.6 Å². The molecule has 4 aromatic rings. The second-order valence-corrected chi connectivity index (χ2v) is 7.94. The van der Waals surface area contributed by atoms with E-state index in [0.717, 1.165) is 48.7 Å². The van der Waals surface area contributed by atoms with Gasteiger partial charge in [0.2, 0.25) is 0 Å². The summed E-state index contributed by atoms with van der Waals surface area (Å²) < 4.78 is 5.45. The first kappa shape index (κ1) is 19.5. The molecule has 1 aliphatic heterocycles. The average Bonchev–Trinajstić information content (AvgIpc) is 2.83. The Morgan fingerprint density at radius 1 is 0.935 bits per heavy atom. The number of fused-ring (bicyclic) bond motifs is 1. The van der Waals surface area contributed by atoms with E-state index in [1.165, 1.54) is 22.3 Å². The van der Waals surface area contributed by atoms with Crippen LogP contribution in [0.2, 0.25) is 0 Å². The SMILES string of the molecule is Cc1cccc(-c2ccc(CNc3nccc4cc(N5CCOCC5)ncc34)cc2)c1. The molecule has 0 aliphatic carbocycles. The largest absolute Gasteiger partial charge is 0.378 e. The van der Waals surface area contributed by atoms with E-state index in [9.17, 15) is 0 Å². The van der Waals surface area contributed by atoms with Crippen LogP contribution >= 0.6 is 0 Å². The molecule has 0 bridgehead atoms. The maximum atomic E-state index is 5.45. The number of morpholine rings is 1. The van der Waals surface area contributed by atoms with E-state index in [1.54, 1.807) is 0 Å². The Morgan fingerprint density at radius 3 is 2.58 bits per heavy atom. The molecule has 5 heteroatoms. The van der Waals surface area contributed by atoms with Crippen LogP contribution in [0, 0.1) is 6.92 Å². The normalized spacial score (nSPS) is 14.0. The van der Waals surface area contributed by atoms with Gasteiger partial charge in [-0.15, -0.1) is 0 Å². The van der Waals surface area contributed by atoms with Crippen molar-refractivity contribution in [2.24, 2.45) is 0 Å². The molecule has 31 heavy (non-hydrogen) atoms. The van der Waals surface area contributed by atoms with Crippen molar-refractivity contribution in [2.45, 2.75) is 13.5 Å². The maximum absolute atomic E-state index is 5.45. The van der Waals surface area contributed by atoms with E-state index in [1.807, 2.05) is 18.5 Å². The zero-order valence-electron chi connectivity index (χ0n) is 17.7. The van der Waals surface area contributed by atoms with Crippen molar-refractivity contribution in [3.05, 3.63) is 84.2 Å². The summed E-state index contributed by atoms with van der Waals surface area (Å²) in [5, 5.41) is 5.67. The maximum Gasteiger partial charge on any atom is 0.135 e. The first-order valence-corrected chi connectivity index (χ1v) is 10.7. The third kappa shape index (κ3) is 4.37. The highest BCUT2D eigenvalue weighted by Crippen LogP contribution is 2.25. The standard InChI is InChI=1S/C26H26N4O/c1-19-3-2-4-22(15-19)21-7-5-20(6-8-21)17-29-26-24-18-28-25(16-23(24)9-10-27-26)30-11-13-31-14-12-30/h2-10,15-16,18H,11-14,17H2,1H3,(H,27,29). The number of rotatable bonds is 5. The van der Waals surface area contributed by atoms with Crippen molar-refractivity contribution in [2.75, 3.05) is 36.5 Å². The predicted molar refractivity (Wildman–Crippen MR) is 127 cm³/mol. The minimum atomic E-state index is 0.714. The number of aryl methyl sites for hydroxylation is 1. The topological polar surface area (TPSA) is 50.3 Å². The Hall–Kier alpha value is -3.44. The number of pyridine rings is 2. The van der Waals surface area contributed by atoms with Crippen molar-refractivity contribution in [3.8, 4) is 11.1 Å². The third-order valence-corrected chi connectivity index (χ3v) is 5.73. The average molecular weight is 411 g/mol. The van der Waals surface area contributed by atoms with E-state index in [4.69, 9.17) is 4.74 Å². The van der Waals surface area contributed by atoms with Gasteiger partial charge in [-0.05, 0) is 41.1 Å². The second-order valence-electron chi connectivity index (χ2n) is 7.94. The zero-order valence-corrected chi connectivity index (χ0v) is 17.7. The van der Waals surface area contributed by atoms with Gasteiger partial charge < -0.3 is 15.0 Å². The Balaban J connectivity index is 1.31. The molecule has 5 nitrogen and oxygen atoms in total. The lowest BCUT2D eigenvalue weighted by atomic mass is 10.0. The molecule has 0 saturated carbocycles. The number of anilines is 2. The molecule has 2 aromatic heterocycles. The van der Waals surface area contributed by atoms with Gasteiger partial charge in [0.05, 0.1) is 13.2 Å². The fourth-order valence-electron chi connectivity index (χ4n) is 3.99. The Bertz CT molecular complexity index is 1180. The van der Waals surface area contributed by atoms with Crippen LogP contribution in [0.15, 0.2) is 73.1 Å². The molecule has 0 radical (unpaired) electrons. The summed E-state index contributed by atoms with van der Waals surface area (Å²) in [7, 11) is 0. The molecule has 2 aromatic carbocycles. The van der Waals surface area contributed by atoms with Crippen LogP contribution in [-0.4, -0.2) is 36.3 Å². The Kier molecular flexibility index (Phi) is 5.50. The number of nitrogens with one attached hydrogen (secondary N) is 1. The third-order valence-electron chi connectivity index (χ3n) is 5.73. The number of ether oxygens (including phenoxy) is 1. The molecule has 1 N–H and O–H groups in total. The Labute approximate surface area is 182 Å². The van der Waals surface area contributed by atoms with Gasteiger partial charge in [-0.2, -0.15) is 0 Å². The van der Waals surface area contributed by atoms with Crippen molar-refractivity contribution in [1.29, 1.82) is 0 Å². The van der Waals surface area contributed by atoms with E-state index in [-0.39, 0.29) is 0 Å². The summed E-state index contributed by atoms with van der Waals surface area (Å²) in [5.41, 5.74) is 4.97. The quantitative estimate of drug-likeness (QED) is 0.499. The first-order chi connectivity index (χ1) is 15.3. The van der Waals surface area contributed by atoms with Gasteiger partial charge >= 0.3 is 0 Å². The summed E-state index contributed by atoms with van der Waals surface area (Å²) in [6.45, 7) is 6.11. The van der Waals surface area contributed by atoms with E-state index in [2.05, 4.69) is 81.7 Å². The highest BCUT2D eigenvalue weighted by Gasteiger charge is 2.13. The number of benzene rings is 2. The highest BCUT2D eigenvalue weighted by molar-refractivity contribution is 5.92. The van der Waals surface area contributed by atoms with Gasteiger partial charge in [-0.25, -0.2) is 9.97 Å². The minimum absolute atomic E-state index is 0.714. The zero-order chi connectivity index (χ0) is 21.0. The molecule has 0 spiro atoms. The number of hydrogen-bond donors (Lipinski definition) is 1. The molecule has 0 atom stereocenters. The van der Waals surface area contributed by atoms with E-state index in [0.29, 0.717) is 6.54 Å². The monoisotopic (exact) mass is 410 g/mol. The fourth-order valence-corrected chi connectivity index (χ4v) is 3.99. The van der Waals surface area contributed by atoms with Crippen LogP contribution < -0.4 is 10.2 Å². The molecule has 5 rings (SSSR count). The van der Waals surface area contributed by atoms with Gasteiger partial charge in [0.25, 0.3) is 0 Å². The number of aromatic nitrogens is 2. The van der Waals surface area contributed by atoms with Crippen LogP contribution in [0.1, 0.15) is 11.1 Å². The lowest BCUT2D eigenvalue weighted by Crippen LogP contribution is -2.36. The lowest BCUT2D eigenvalue weighted by molar-refractivity contribution is 0.122. The van der Waals surface area contributed by atoms with Crippen molar-refractivity contribution >= 4 is 22.4 Å². The molecule has 3 heterocycles. The lowest BCUT2D eigenvalue weighted by Gasteiger charge is -2.28. The highest BCUT2D eigenvalue weighted by atomic mass is 16.5. The number of hydrogen-bond acceptors (Lipinski definition) is 5. The molecule has 1 aliphatic rings. The summed E-state index contributed by atoms with van der Waals surface area (Å²) in [4.78, 5) is 11.5. The molecule has 1 saturated heterocycles. The van der Waals surface area contributed by atoms with Crippen molar-refractivity contribution in [3.63, 3.8) is 0 Å². The van der Waals surface area contributed by atoms with Gasteiger partial charge in [0.1, 0.15) is 11.6 Å². The van der Waals surface area contributed by atoms with Gasteiger partial charge in [-0.3, -0.25) is 0 Å². The van der Waals surface area contributed by atoms with E-state index >= 15 is 0 Å². The molecule has 1 fully saturated rings. The first-order valence-electron chi connectivity index (χ1n) is 10.7. The van der Waals surface area contributed by atoms with Crippen LogP contribution in [0.25, 0.3) is 21.9 Å². The summed E-state index contributed by atoms with van der Waals surface area (Å²) in [6, 6.07) is 21.5. The Morgan fingerprint density at radius 2 is 1.77 bits per heavy atom. The summed E-state index contributed by atoms with van der Waals surface area (Å²) >= 11 is 0. The minimum Gasteiger partial charge on any atom is -0.378 e. The summed E-state index contributed by atoms with van der Waals surface area (Å²) in [5.74, 6) is 1.86. The van der Waals surface area contributed by atoms with Crippen LogP contribution in [-0.2, 0) is 11.3 Å².